The molecule has 1 unspecified atom stereocenters. The van der Waals surface area contributed by atoms with Crippen molar-refractivity contribution in [3.8, 4) is 0 Å². The van der Waals surface area contributed by atoms with Crippen LogP contribution >= 0.6 is 23.4 Å². The predicted octanol–water partition coefficient (Wildman–Crippen LogP) is 3.76. The lowest BCUT2D eigenvalue weighted by Gasteiger charge is -2.38. The molecule has 0 bridgehead atoms. The maximum Gasteiger partial charge on any atom is 0.328 e. The summed E-state index contributed by atoms with van der Waals surface area (Å²) in [7, 11) is 1.28. The zero-order valence-electron chi connectivity index (χ0n) is 18.4. The van der Waals surface area contributed by atoms with Crippen LogP contribution < -0.4 is 0 Å². The number of halogens is 1. The zero-order chi connectivity index (χ0) is 23.8. The molecule has 1 aliphatic heterocycles. The third-order valence-electron chi connectivity index (χ3n) is 4.55. The molecule has 0 radical (unpaired) electrons. The number of carboxylic acid groups (broad SMARTS) is 1. The number of carboxylic acids is 1. The van der Waals surface area contributed by atoms with Gasteiger partial charge in [0.05, 0.1) is 12.5 Å². The highest BCUT2D eigenvalue weighted by molar-refractivity contribution is 7.99. The molecule has 7 nitrogen and oxygen atoms in total. The number of piperidine rings is 1. The van der Waals surface area contributed by atoms with E-state index in [0.29, 0.717) is 24.1 Å². The lowest BCUT2D eigenvalue weighted by molar-refractivity contribution is -0.150. The van der Waals surface area contributed by atoms with Gasteiger partial charge in [-0.2, -0.15) is 0 Å². The van der Waals surface area contributed by atoms with E-state index < -0.39 is 23.4 Å². The molecule has 1 rings (SSSR count). The SMILES string of the molecule is C=C/C=C(\C(=C)Cl)[C@@H](C(=O)OC)N1CCC(SCOC(=O)C(C)(C)C)/C(=C\C(=O)O)C1. The second-order valence-electron chi connectivity index (χ2n) is 7.96. The highest BCUT2D eigenvalue weighted by atomic mass is 35.5. The van der Waals surface area contributed by atoms with Crippen molar-refractivity contribution in [3.63, 3.8) is 0 Å². The van der Waals surface area contributed by atoms with Crippen LogP contribution in [0.4, 0.5) is 0 Å². The van der Waals surface area contributed by atoms with Crippen molar-refractivity contribution < 1.29 is 29.0 Å². The standard InChI is InChI=1S/C22H30ClNO6S/c1-7-8-16(14(2)23)19(20(27)29-6)24-10-9-17(15(12-24)11-18(25)26)31-13-30-21(28)22(3,4)5/h7-8,11,17,19H,1-2,9-10,12-13H2,3-6H3,(H,25,26)/b15-11-,16-8+/t17?,19-/m0/s1. The van der Waals surface area contributed by atoms with Crippen LogP contribution in [0.3, 0.4) is 0 Å². The Morgan fingerprint density at radius 2 is 2.03 bits per heavy atom. The molecule has 172 valence electrons. The largest absolute Gasteiger partial charge is 0.478 e. The number of hydrogen-bond acceptors (Lipinski definition) is 7. The maximum atomic E-state index is 12.5. The average molecular weight is 472 g/mol. The van der Waals surface area contributed by atoms with Gasteiger partial charge in [0.15, 0.2) is 0 Å². The van der Waals surface area contributed by atoms with Gasteiger partial charge in [-0.05, 0) is 38.3 Å². The second-order valence-corrected chi connectivity index (χ2v) is 9.55. The summed E-state index contributed by atoms with van der Waals surface area (Å²) in [5.41, 5.74) is 0.417. The molecule has 0 aliphatic carbocycles. The molecule has 0 spiro atoms. The Balaban J connectivity index is 3.07. The Bertz CT molecular complexity index is 783. The summed E-state index contributed by atoms with van der Waals surface area (Å²) in [5.74, 6) is -1.84. The Kier molecular flexibility index (Phi) is 10.6. The Labute approximate surface area is 192 Å². The van der Waals surface area contributed by atoms with Crippen molar-refractivity contribution >= 4 is 41.3 Å². The van der Waals surface area contributed by atoms with Gasteiger partial charge in [0.2, 0.25) is 0 Å². The van der Waals surface area contributed by atoms with E-state index in [-0.39, 0.29) is 28.7 Å². The number of aliphatic carboxylic acids is 1. The summed E-state index contributed by atoms with van der Waals surface area (Å²) >= 11 is 7.47. The minimum absolute atomic E-state index is 0.109. The number of methoxy groups -OCH3 is 1. The van der Waals surface area contributed by atoms with Crippen LogP contribution in [-0.2, 0) is 23.9 Å². The molecule has 0 amide bonds. The van der Waals surface area contributed by atoms with E-state index in [1.165, 1.54) is 24.9 Å². The maximum absolute atomic E-state index is 12.5. The molecule has 0 saturated carbocycles. The van der Waals surface area contributed by atoms with Crippen LogP contribution in [0.5, 0.6) is 0 Å². The van der Waals surface area contributed by atoms with Gasteiger partial charge < -0.3 is 14.6 Å². The van der Waals surface area contributed by atoms with Crippen LogP contribution in [0.2, 0.25) is 0 Å². The Morgan fingerprint density at radius 3 is 2.52 bits per heavy atom. The smallest absolute Gasteiger partial charge is 0.328 e. The molecule has 1 heterocycles. The summed E-state index contributed by atoms with van der Waals surface area (Å²) < 4.78 is 10.3. The molecule has 9 heteroatoms. The number of ether oxygens (including phenoxy) is 2. The van der Waals surface area contributed by atoms with E-state index in [4.69, 9.17) is 21.1 Å². The average Bonchev–Trinajstić information content (AvgIpc) is 2.67. The van der Waals surface area contributed by atoms with Gasteiger partial charge >= 0.3 is 17.9 Å². The van der Waals surface area contributed by atoms with E-state index in [9.17, 15) is 19.5 Å². The first-order valence-corrected chi connectivity index (χ1v) is 11.1. The van der Waals surface area contributed by atoms with Gasteiger partial charge in [0.25, 0.3) is 0 Å². The van der Waals surface area contributed by atoms with Crippen molar-refractivity contribution in [1.29, 1.82) is 0 Å². The molecule has 1 saturated heterocycles. The van der Waals surface area contributed by atoms with Crippen LogP contribution in [-0.4, -0.2) is 65.3 Å². The topological polar surface area (TPSA) is 93.1 Å². The van der Waals surface area contributed by atoms with Gasteiger partial charge in [0, 0.05) is 29.4 Å². The molecule has 31 heavy (non-hydrogen) atoms. The van der Waals surface area contributed by atoms with Gasteiger partial charge in [-0.15, -0.1) is 11.8 Å². The Morgan fingerprint density at radius 1 is 1.39 bits per heavy atom. The number of allylic oxidation sites excluding steroid dienone is 2. The van der Waals surface area contributed by atoms with Crippen molar-refractivity contribution in [2.75, 3.05) is 26.1 Å². The lowest BCUT2D eigenvalue weighted by Crippen LogP contribution is -2.49. The van der Waals surface area contributed by atoms with Crippen LogP contribution in [0.15, 0.2) is 47.6 Å². The molecule has 0 aromatic rings. The molecular weight excluding hydrogens is 442 g/mol. The zero-order valence-corrected chi connectivity index (χ0v) is 19.9. The van der Waals surface area contributed by atoms with Crippen LogP contribution in [0, 0.1) is 5.41 Å². The van der Waals surface area contributed by atoms with Gasteiger partial charge in [-0.1, -0.05) is 36.9 Å². The third kappa shape index (κ3) is 8.20. The third-order valence-corrected chi connectivity index (χ3v) is 5.97. The van der Waals surface area contributed by atoms with Gasteiger partial charge in [-0.3, -0.25) is 9.69 Å². The van der Waals surface area contributed by atoms with E-state index in [0.717, 1.165) is 6.08 Å². The predicted molar refractivity (Wildman–Crippen MR) is 123 cm³/mol. The fourth-order valence-electron chi connectivity index (χ4n) is 3.02. The Hall–Kier alpha value is -2.03. The number of carbonyl (C=O) groups excluding carboxylic acids is 2. The molecular formula is C22H30ClNO6S. The highest BCUT2D eigenvalue weighted by Crippen LogP contribution is 2.32. The summed E-state index contributed by atoms with van der Waals surface area (Å²) in [6.45, 7) is 13.3. The summed E-state index contributed by atoms with van der Waals surface area (Å²) in [5, 5.41) is 9.32. The first kappa shape index (κ1) is 27.0. The van der Waals surface area contributed by atoms with E-state index >= 15 is 0 Å². The van der Waals surface area contributed by atoms with Gasteiger partial charge in [-0.25, -0.2) is 9.59 Å². The van der Waals surface area contributed by atoms with E-state index in [1.54, 1.807) is 31.7 Å². The second kappa shape index (κ2) is 12.1. The minimum Gasteiger partial charge on any atom is -0.478 e. The van der Waals surface area contributed by atoms with Gasteiger partial charge in [0.1, 0.15) is 12.0 Å². The molecule has 1 aliphatic rings. The molecule has 2 atom stereocenters. The molecule has 1 N–H and O–H groups in total. The van der Waals surface area contributed by atoms with E-state index in [2.05, 4.69) is 13.2 Å². The van der Waals surface area contributed by atoms with Crippen molar-refractivity contribution in [2.45, 2.75) is 38.5 Å². The first-order chi connectivity index (χ1) is 14.4. The minimum atomic E-state index is -1.09. The summed E-state index contributed by atoms with van der Waals surface area (Å²) in [6, 6.07) is -0.852. The number of esters is 2. The number of hydrogen-bond donors (Lipinski definition) is 1. The van der Waals surface area contributed by atoms with Crippen molar-refractivity contribution in [1.82, 2.24) is 4.90 Å². The highest BCUT2D eigenvalue weighted by Gasteiger charge is 2.36. The van der Waals surface area contributed by atoms with Crippen LogP contribution in [0.1, 0.15) is 27.2 Å². The number of carbonyl (C=O) groups is 3. The molecule has 0 aromatic heterocycles. The van der Waals surface area contributed by atoms with Crippen LogP contribution in [0.25, 0.3) is 0 Å². The quantitative estimate of drug-likeness (QED) is 0.235. The summed E-state index contributed by atoms with van der Waals surface area (Å²) in [6.07, 6.45) is 4.76. The fraction of sp³-hybridized carbons (Fsp3) is 0.500. The fourth-order valence-corrected chi connectivity index (χ4v) is 4.15. The lowest BCUT2D eigenvalue weighted by atomic mass is 9.97. The number of nitrogens with zero attached hydrogens (tertiary/aromatic N) is 1. The monoisotopic (exact) mass is 471 g/mol. The number of rotatable bonds is 9. The normalized spacial score (nSPS) is 20.1. The number of likely N-dealkylation sites (tertiary alicyclic amines) is 1. The van der Waals surface area contributed by atoms with Crippen molar-refractivity contribution in [3.05, 3.63) is 47.6 Å². The molecule has 0 aromatic carbocycles. The first-order valence-electron chi connectivity index (χ1n) is 9.63. The number of thioether (sulfide) groups is 1. The molecule has 1 fully saturated rings. The van der Waals surface area contributed by atoms with Crippen molar-refractivity contribution in [2.24, 2.45) is 5.41 Å². The van der Waals surface area contributed by atoms with E-state index in [1.807, 2.05) is 0 Å². The summed E-state index contributed by atoms with van der Waals surface area (Å²) in [4.78, 5) is 37.7.